The number of ketones is 1. The minimum atomic E-state index is -1.94. The van der Waals surface area contributed by atoms with Gasteiger partial charge in [0.05, 0.1) is 0 Å². The van der Waals surface area contributed by atoms with Crippen LogP contribution in [0.5, 0.6) is 0 Å². The number of hydrogen-bond acceptors (Lipinski definition) is 5. The van der Waals surface area contributed by atoms with Gasteiger partial charge in [-0.1, -0.05) is 110 Å². The molecule has 0 saturated heterocycles. The third-order valence-corrected chi connectivity index (χ3v) is 17.5. The molecule has 49 heavy (non-hydrogen) atoms. The van der Waals surface area contributed by atoms with Crippen LogP contribution in [0.15, 0.2) is 111 Å². The Hall–Kier alpha value is -3.54. The van der Waals surface area contributed by atoms with Gasteiger partial charge in [-0.15, -0.1) is 0 Å². The largest absolute Gasteiger partial charge is 0.458 e. The van der Waals surface area contributed by atoms with Crippen LogP contribution in [0.1, 0.15) is 98.5 Å². The van der Waals surface area contributed by atoms with Crippen LogP contribution in [0.2, 0.25) is 0 Å². The van der Waals surface area contributed by atoms with Crippen LogP contribution in [0.3, 0.4) is 0 Å². The minimum Gasteiger partial charge on any atom is -0.296 e. The van der Waals surface area contributed by atoms with Gasteiger partial charge in [-0.05, 0) is 110 Å². The number of oxime groups is 1. The first-order chi connectivity index (χ1) is 24.0. The second-order valence-electron chi connectivity index (χ2n) is 13.7. The number of benzene rings is 4. The molecule has 0 bridgehead atoms. The SMILES string of the molecule is O=C(N=P(C1CCCC1)(C1CCCC1)C1CCCC1)O/N=C(\CF)c1ccc(Sc2ccc(C(=O)c3cccc4ccccc34)cc2)cc1. The fourth-order valence-electron chi connectivity index (χ4n) is 8.61. The Morgan fingerprint density at radius 3 is 1.73 bits per heavy atom. The van der Waals surface area contributed by atoms with E-state index in [0.29, 0.717) is 33.7 Å². The standard InChI is InChI=1S/C41H44FN2O3PS/c42-28-39(43-47-41(46)44-48(32-12-2-3-13-32,33-14-4-5-15-33)34-16-6-7-17-34)30-20-24-35(25-21-30)49-36-26-22-31(23-27-36)40(45)38-19-9-11-29-10-1-8-18-37(29)38/h1,8-11,18-27,32-34H,2-7,12-17,28H2/b43-39+. The average molecular weight is 695 g/mol. The van der Waals surface area contributed by atoms with Gasteiger partial charge in [-0.3, -0.25) is 9.63 Å². The van der Waals surface area contributed by atoms with Crippen LogP contribution in [0.4, 0.5) is 9.18 Å². The van der Waals surface area contributed by atoms with Crippen LogP contribution in [-0.2, 0) is 4.84 Å². The first-order valence-electron chi connectivity index (χ1n) is 17.9. The fourth-order valence-corrected chi connectivity index (χ4v) is 15.6. The zero-order valence-corrected chi connectivity index (χ0v) is 29.6. The summed E-state index contributed by atoms with van der Waals surface area (Å²) in [6.07, 6.45) is 13.8. The first-order valence-corrected chi connectivity index (χ1v) is 20.7. The lowest BCUT2D eigenvalue weighted by Gasteiger charge is -2.40. The van der Waals surface area contributed by atoms with Gasteiger partial charge in [0, 0.05) is 26.5 Å². The predicted octanol–water partition coefficient (Wildman–Crippen LogP) is 12.1. The Morgan fingerprint density at radius 2 is 1.18 bits per heavy atom. The van der Waals surface area contributed by atoms with Crippen LogP contribution < -0.4 is 0 Å². The van der Waals surface area contributed by atoms with E-state index in [9.17, 15) is 14.0 Å². The smallest absolute Gasteiger partial charge is 0.296 e. The van der Waals surface area contributed by atoms with Crippen LogP contribution in [0.25, 0.3) is 10.8 Å². The number of hydrogen-bond donors (Lipinski definition) is 0. The van der Waals surface area contributed by atoms with Crippen LogP contribution in [0, 0.1) is 0 Å². The molecule has 0 atom stereocenters. The summed E-state index contributed by atoms with van der Waals surface area (Å²) >= 11 is 1.55. The lowest BCUT2D eigenvalue weighted by molar-refractivity contribution is 0.104. The molecular formula is C41H44FN2O3PS. The van der Waals surface area contributed by atoms with Gasteiger partial charge in [-0.2, -0.15) is 4.74 Å². The molecule has 0 unspecified atom stereocenters. The van der Waals surface area contributed by atoms with E-state index in [1.807, 2.05) is 78.9 Å². The second-order valence-corrected chi connectivity index (χ2v) is 18.9. The van der Waals surface area contributed by atoms with Crippen molar-refractivity contribution >= 4 is 47.2 Å². The summed E-state index contributed by atoms with van der Waals surface area (Å²) in [6.45, 7) is -0.847. The fraction of sp³-hybridized carbons (Fsp3) is 0.390. The molecule has 8 heteroatoms. The topological polar surface area (TPSA) is 68.1 Å². The summed E-state index contributed by atoms with van der Waals surface area (Å²) in [6, 6.07) is 28.7. The molecule has 254 valence electrons. The van der Waals surface area contributed by atoms with Gasteiger partial charge in [0.25, 0.3) is 0 Å². The van der Waals surface area contributed by atoms with Crippen molar-refractivity contribution in [3.63, 3.8) is 0 Å². The normalized spacial score (nSPS) is 17.9. The zero-order valence-electron chi connectivity index (χ0n) is 27.9. The highest BCUT2D eigenvalue weighted by molar-refractivity contribution is 7.99. The number of fused-ring (bicyclic) bond motifs is 1. The quantitative estimate of drug-likeness (QED) is 0.0545. The van der Waals surface area contributed by atoms with Gasteiger partial charge in [0.15, 0.2) is 5.78 Å². The predicted molar refractivity (Wildman–Crippen MR) is 199 cm³/mol. The number of halogens is 1. The zero-order chi connectivity index (χ0) is 33.6. The number of amides is 1. The summed E-state index contributed by atoms with van der Waals surface area (Å²) in [4.78, 5) is 34.1. The van der Waals surface area contributed by atoms with E-state index in [-0.39, 0.29) is 11.5 Å². The highest BCUT2D eigenvalue weighted by Crippen LogP contribution is 2.72. The van der Waals surface area contributed by atoms with Gasteiger partial charge >= 0.3 is 6.09 Å². The van der Waals surface area contributed by atoms with Crippen molar-refractivity contribution in [3.05, 3.63) is 108 Å². The van der Waals surface area contributed by atoms with Crippen molar-refractivity contribution in [1.82, 2.24) is 0 Å². The van der Waals surface area contributed by atoms with Gasteiger partial charge in [0.2, 0.25) is 0 Å². The van der Waals surface area contributed by atoms with Gasteiger partial charge < -0.3 is 0 Å². The number of alkyl halides is 1. The van der Waals surface area contributed by atoms with E-state index in [1.54, 1.807) is 23.9 Å². The van der Waals surface area contributed by atoms with E-state index in [4.69, 9.17) is 9.58 Å². The monoisotopic (exact) mass is 694 g/mol. The van der Waals surface area contributed by atoms with E-state index in [2.05, 4.69) is 5.16 Å². The Bertz CT molecular complexity index is 1820. The number of carbonyl (C=O) groups excluding carboxylic acids is 2. The highest BCUT2D eigenvalue weighted by Gasteiger charge is 2.47. The van der Waals surface area contributed by atoms with Crippen molar-refractivity contribution in [2.75, 3.05) is 6.67 Å². The van der Waals surface area contributed by atoms with Gasteiger partial charge in [-0.25, -0.2) is 9.18 Å². The first kappa shape index (κ1) is 33.9. The van der Waals surface area contributed by atoms with Crippen molar-refractivity contribution in [1.29, 1.82) is 0 Å². The Balaban J connectivity index is 1.04. The average Bonchev–Trinajstić information content (AvgIpc) is 3.97. The van der Waals surface area contributed by atoms with Crippen LogP contribution >= 0.6 is 18.8 Å². The molecule has 0 heterocycles. The summed E-state index contributed by atoms with van der Waals surface area (Å²) < 4.78 is 19.3. The molecule has 7 rings (SSSR count). The van der Waals surface area contributed by atoms with E-state index in [0.717, 1.165) is 20.6 Å². The molecule has 3 saturated carbocycles. The summed E-state index contributed by atoms with van der Waals surface area (Å²) in [5.74, 6) is -0.00702. The third kappa shape index (κ3) is 7.35. The van der Waals surface area contributed by atoms with Crippen LogP contribution in [-0.4, -0.2) is 41.2 Å². The number of rotatable bonds is 10. The maximum atomic E-state index is 14.2. The van der Waals surface area contributed by atoms with E-state index in [1.165, 1.54) is 77.0 Å². The molecule has 3 aliphatic rings. The molecule has 4 aromatic rings. The number of carbonyl (C=O) groups is 2. The molecule has 5 nitrogen and oxygen atoms in total. The molecular weight excluding hydrogens is 651 g/mol. The molecule has 0 N–H and O–H groups in total. The van der Waals surface area contributed by atoms with Crippen molar-refractivity contribution < 1.29 is 18.8 Å². The minimum absolute atomic E-state index is 0.00702. The molecule has 0 radical (unpaired) electrons. The van der Waals surface area contributed by atoms with E-state index < -0.39 is 19.8 Å². The maximum absolute atomic E-state index is 14.2. The Kier molecular flexibility index (Phi) is 10.8. The third-order valence-electron chi connectivity index (χ3n) is 10.9. The second kappa shape index (κ2) is 15.6. The maximum Gasteiger partial charge on any atom is 0.458 e. The molecule has 3 aliphatic carbocycles. The van der Waals surface area contributed by atoms with Gasteiger partial charge in [0.1, 0.15) is 12.4 Å². The lowest BCUT2D eigenvalue weighted by Crippen LogP contribution is -2.24. The molecule has 1 amide bonds. The molecule has 0 spiro atoms. The molecule has 3 fully saturated rings. The van der Waals surface area contributed by atoms with Crippen molar-refractivity contribution in [3.8, 4) is 0 Å². The molecule has 0 aliphatic heterocycles. The highest BCUT2D eigenvalue weighted by atomic mass is 32.2. The van der Waals surface area contributed by atoms with Crippen molar-refractivity contribution in [2.45, 2.75) is 104 Å². The van der Waals surface area contributed by atoms with E-state index >= 15 is 0 Å². The lowest BCUT2D eigenvalue weighted by atomic mass is 9.97. The Morgan fingerprint density at radius 1 is 0.673 bits per heavy atom. The Labute approximate surface area is 293 Å². The summed E-state index contributed by atoms with van der Waals surface area (Å²) in [5.41, 5.74) is 3.57. The number of nitrogens with zero attached hydrogens (tertiary/aromatic N) is 2. The molecule has 4 aromatic carbocycles. The summed E-state index contributed by atoms with van der Waals surface area (Å²) in [5, 5.41) is 6.02. The van der Waals surface area contributed by atoms with Crippen molar-refractivity contribution in [2.24, 2.45) is 9.90 Å². The molecule has 0 aromatic heterocycles. The summed E-state index contributed by atoms with van der Waals surface area (Å²) in [7, 11) is -1.94.